The Bertz CT molecular complexity index is 436. The molecule has 0 aliphatic rings. The normalized spacial score (nSPS) is 13.0. The van der Waals surface area contributed by atoms with Gasteiger partial charge in [0.2, 0.25) is 0 Å². The number of anilines is 1. The van der Waals surface area contributed by atoms with Crippen molar-refractivity contribution in [2.24, 2.45) is 7.05 Å². The van der Waals surface area contributed by atoms with Gasteiger partial charge in [-0.3, -0.25) is 4.68 Å². The molecule has 0 bridgehead atoms. The first-order valence-corrected chi connectivity index (χ1v) is 4.87. The minimum Gasteiger partial charge on any atom is -0.381 e. The van der Waals surface area contributed by atoms with E-state index in [-0.39, 0.29) is 0 Å². The van der Waals surface area contributed by atoms with Gasteiger partial charge in [-0.05, 0) is 6.07 Å². The van der Waals surface area contributed by atoms with Gasteiger partial charge in [-0.2, -0.15) is 5.10 Å². The molecule has 0 saturated carbocycles. The van der Waals surface area contributed by atoms with Crippen LogP contribution in [0.25, 0.3) is 0 Å². The predicted octanol–water partition coefficient (Wildman–Crippen LogP) is 0.540. The maximum absolute atomic E-state index is 9.93. The number of aromatic nitrogens is 3. The summed E-state index contributed by atoms with van der Waals surface area (Å²) in [6.07, 6.45) is 2.53. The Hall–Kier alpha value is -1.40. The molecule has 1 atom stereocenters. The molecule has 2 aromatic heterocycles. The summed E-state index contributed by atoms with van der Waals surface area (Å²) in [4.78, 5) is 4.61. The van der Waals surface area contributed by atoms with Crippen molar-refractivity contribution in [1.82, 2.24) is 14.8 Å². The Kier molecular flexibility index (Phi) is 2.22. The minimum absolute atomic E-state index is 0.459. The van der Waals surface area contributed by atoms with Crippen molar-refractivity contribution in [2.45, 2.75) is 6.10 Å². The molecule has 5 nitrogen and oxygen atoms in total. The average molecular weight is 210 g/mol. The van der Waals surface area contributed by atoms with Gasteiger partial charge in [-0.25, -0.2) is 4.98 Å². The number of hydrogen-bond acceptors (Lipinski definition) is 5. The molecule has 2 rings (SSSR count). The molecule has 0 saturated heterocycles. The van der Waals surface area contributed by atoms with Crippen LogP contribution >= 0.6 is 11.3 Å². The van der Waals surface area contributed by atoms with Crippen LogP contribution in [0, 0.1) is 0 Å². The van der Waals surface area contributed by atoms with Gasteiger partial charge in [0.05, 0.1) is 10.6 Å². The van der Waals surface area contributed by atoms with E-state index in [1.807, 2.05) is 0 Å². The molecule has 3 N–H and O–H groups in total. The third kappa shape index (κ3) is 1.49. The van der Waals surface area contributed by atoms with Crippen LogP contribution < -0.4 is 5.73 Å². The van der Waals surface area contributed by atoms with Crippen molar-refractivity contribution in [3.63, 3.8) is 0 Å². The van der Waals surface area contributed by atoms with Crippen LogP contribution in [0.1, 0.15) is 16.7 Å². The van der Waals surface area contributed by atoms with E-state index in [1.165, 1.54) is 11.3 Å². The van der Waals surface area contributed by atoms with Gasteiger partial charge in [0.25, 0.3) is 0 Å². The molecule has 74 valence electrons. The number of nitrogen functional groups attached to an aromatic ring is 1. The van der Waals surface area contributed by atoms with Crippen LogP contribution in [-0.2, 0) is 7.05 Å². The Morgan fingerprint density at radius 2 is 2.43 bits per heavy atom. The molecule has 0 radical (unpaired) electrons. The molecule has 0 fully saturated rings. The zero-order valence-electron chi connectivity index (χ0n) is 7.58. The summed E-state index contributed by atoms with van der Waals surface area (Å²) in [5.41, 5.74) is 6.21. The number of rotatable bonds is 2. The lowest BCUT2D eigenvalue weighted by Crippen LogP contribution is -2.04. The SMILES string of the molecule is Cn1nccc1C(O)c1cnc(N)s1. The van der Waals surface area contributed by atoms with Crippen LogP contribution in [0.5, 0.6) is 0 Å². The maximum Gasteiger partial charge on any atom is 0.180 e. The fourth-order valence-electron chi connectivity index (χ4n) is 1.23. The summed E-state index contributed by atoms with van der Waals surface area (Å²) in [6.45, 7) is 0. The van der Waals surface area contributed by atoms with Gasteiger partial charge in [0.15, 0.2) is 5.13 Å². The second-order valence-electron chi connectivity index (χ2n) is 2.88. The number of aryl methyl sites for hydroxylation is 1. The summed E-state index contributed by atoms with van der Waals surface area (Å²) in [7, 11) is 1.78. The van der Waals surface area contributed by atoms with Gasteiger partial charge in [0, 0.05) is 19.4 Å². The molecule has 0 spiro atoms. The molecule has 1 unspecified atom stereocenters. The quantitative estimate of drug-likeness (QED) is 0.758. The number of thiazole rings is 1. The molecule has 2 aromatic rings. The zero-order valence-corrected chi connectivity index (χ0v) is 8.40. The third-order valence-corrected chi connectivity index (χ3v) is 2.83. The topological polar surface area (TPSA) is 77.0 Å². The minimum atomic E-state index is -0.697. The van der Waals surface area contributed by atoms with Gasteiger partial charge in [0.1, 0.15) is 6.10 Å². The molecule has 0 aliphatic heterocycles. The first-order chi connectivity index (χ1) is 6.68. The highest BCUT2D eigenvalue weighted by atomic mass is 32.1. The van der Waals surface area contributed by atoms with Crippen molar-refractivity contribution in [2.75, 3.05) is 5.73 Å². The van der Waals surface area contributed by atoms with Crippen molar-refractivity contribution in [3.05, 3.63) is 29.0 Å². The molecular weight excluding hydrogens is 200 g/mol. The summed E-state index contributed by atoms with van der Waals surface area (Å²) in [5.74, 6) is 0. The summed E-state index contributed by atoms with van der Waals surface area (Å²) < 4.78 is 1.63. The second-order valence-corrected chi connectivity index (χ2v) is 3.98. The molecule has 14 heavy (non-hydrogen) atoms. The lowest BCUT2D eigenvalue weighted by Gasteiger charge is -2.07. The fourth-order valence-corrected chi connectivity index (χ4v) is 1.91. The Balaban J connectivity index is 2.33. The molecule has 0 aliphatic carbocycles. The van der Waals surface area contributed by atoms with Gasteiger partial charge in [-0.15, -0.1) is 0 Å². The molecule has 0 aromatic carbocycles. The highest BCUT2D eigenvalue weighted by Gasteiger charge is 2.16. The molecular formula is C8H10N4OS. The first-order valence-electron chi connectivity index (χ1n) is 4.05. The maximum atomic E-state index is 9.93. The molecule has 6 heteroatoms. The fraction of sp³-hybridized carbons (Fsp3) is 0.250. The van der Waals surface area contributed by atoms with Crippen LogP contribution in [0.4, 0.5) is 5.13 Å². The first kappa shape index (κ1) is 9.17. The van der Waals surface area contributed by atoms with E-state index in [2.05, 4.69) is 10.1 Å². The summed E-state index contributed by atoms with van der Waals surface area (Å²) >= 11 is 1.28. The van der Waals surface area contributed by atoms with Crippen LogP contribution in [0.2, 0.25) is 0 Å². The van der Waals surface area contributed by atoms with Crippen LogP contribution in [-0.4, -0.2) is 19.9 Å². The number of nitrogens with two attached hydrogens (primary N) is 1. The zero-order chi connectivity index (χ0) is 10.1. The highest BCUT2D eigenvalue weighted by molar-refractivity contribution is 7.15. The van der Waals surface area contributed by atoms with E-state index >= 15 is 0 Å². The Morgan fingerprint density at radius 3 is 2.93 bits per heavy atom. The largest absolute Gasteiger partial charge is 0.381 e. The Labute approximate surface area is 84.8 Å². The lowest BCUT2D eigenvalue weighted by molar-refractivity contribution is 0.213. The van der Waals surface area contributed by atoms with E-state index in [4.69, 9.17) is 5.73 Å². The highest BCUT2D eigenvalue weighted by Crippen LogP contribution is 2.26. The van der Waals surface area contributed by atoms with E-state index < -0.39 is 6.10 Å². The van der Waals surface area contributed by atoms with Crippen molar-refractivity contribution < 1.29 is 5.11 Å². The van der Waals surface area contributed by atoms with E-state index in [9.17, 15) is 5.11 Å². The average Bonchev–Trinajstić information content (AvgIpc) is 2.73. The Morgan fingerprint density at radius 1 is 1.64 bits per heavy atom. The van der Waals surface area contributed by atoms with E-state index in [1.54, 1.807) is 30.2 Å². The lowest BCUT2D eigenvalue weighted by atomic mass is 10.2. The van der Waals surface area contributed by atoms with Gasteiger partial charge < -0.3 is 10.8 Å². The summed E-state index contributed by atoms with van der Waals surface area (Å²) in [5, 5.41) is 14.4. The number of aliphatic hydroxyl groups is 1. The second kappa shape index (κ2) is 3.39. The van der Waals surface area contributed by atoms with Crippen molar-refractivity contribution in [3.8, 4) is 0 Å². The van der Waals surface area contributed by atoms with Crippen molar-refractivity contribution >= 4 is 16.5 Å². The monoisotopic (exact) mass is 210 g/mol. The third-order valence-electron chi connectivity index (χ3n) is 1.95. The standard InChI is InChI=1S/C8H10N4OS/c1-12-5(2-3-11-12)7(13)6-4-10-8(9)14-6/h2-4,7,13H,1H3,(H2,9,10). The number of hydrogen-bond donors (Lipinski definition) is 2. The van der Waals surface area contributed by atoms with Gasteiger partial charge in [-0.1, -0.05) is 11.3 Å². The van der Waals surface area contributed by atoms with Crippen LogP contribution in [0.15, 0.2) is 18.5 Å². The molecule has 2 heterocycles. The van der Waals surface area contributed by atoms with Crippen LogP contribution in [0.3, 0.4) is 0 Å². The predicted molar refractivity (Wildman–Crippen MR) is 53.8 cm³/mol. The van der Waals surface area contributed by atoms with Crippen molar-refractivity contribution in [1.29, 1.82) is 0 Å². The smallest absolute Gasteiger partial charge is 0.180 e. The molecule has 0 amide bonds. The van der Waals surface area contributed by atoms with E-state index in [0.717, 1.165) is 10.6 Å². The summed E-state index contributed by atoms with van der Waals surface area (Å²) in [6, 6.07) is 1.76. The number of nitrogens with zero attached hydrogens (tertiary/aromatic N) is 3. The van der Waals surface area contributed by atoms with E-state index in [0.29, 0.717) is 5.13 Å². The van der Waals surface area contributed by atoms with Gasteiger partial charge >= 0.3 is 0 Å². The number of aliphatic hydroxyl groups excluding tert-OH is 1.